The number of amides is 3. The van der Waals surface area contributed by atoms with Gasteiger partial charge < -0.3 is 14.5 Å². The Morgan fingerprint density at radius 2 is 1.88 bits per heavy atom. The van der Waals surface area contributed by atoms with Gasteiger partial charge in [0.2, 0.25) is 0 Å². The number of hydrogen-bond donors (Lipinski definition) is 1. The molecule has 0 fully saturated rings. The van der Waals surface area contributed by atoms with Crippen LogP contribution in [0.5, 0.6) is 0 Å². The molecular weight excluding hydrogens is 432 g/mol. The van der Waals surface area contributed by atoms with Gasteiger partial charge in [0, 0.05) is 10.4 Å². The maximum atomic E-state index is 12.9. The molecule has 0 saturated carbocycles. The summed E-state index contributed by atoms with van der Waals surface area (Å²) in [7, 11) is 0. The Hall–Kier alpha value is -3.72. The minimum atomic E-state index is -0.507. The second-order valence-corrected chi connectivity index (χ2v) is 8.42. The van der Waals surface area contributed by atoms with Crippen LogP contribution in [-0.4, -0.2) is 35.2 Å². The van der Waals surface area contributed by atoms with Crippen molar-refractivity contribution in [1.82, 2.24) is 4.90 Å². The molecule has 1 aliphatic rings. The predicted molar refractivity (Wildman–Crippen MR) is 117 cm³/mol. The van der Waals surface area contributed by atoms with Crippen LogP contribution < -0.4 is 5.32 Å². The van der Waals surface area contributed by atoms with E-state index in [1.165, 1.54) is 35.8 Å². The first kappa shape index (κ1) is 21.5. The van der Waals surface area contributed by atoms with Gasteiger partial charge in [-0.3, -0.25) is 19.3 Å². The van der Waals surface area contributed by atoms with Gasteiger partial charge in [0.1, 0.15) is 10.8 Å². The average Bonchev–Trinajstić information content (AvgIpc) is 3.44. The highest BCUT2D eigenvalue weighted by Crippen LogP contribution is 2.34. The van der Waals surface area contributed by atoms with Gasteiger partial charge in [-0.25, -0.2) is 4.79 Å². The van der Waals surface area contributed by atoms with Crippen molar-refractivity contribution in [2.75, 3.05) is 11.9 Å². The summed E-state index contributed by atoms with van der Waals surface area (Å²) in [6.07, 6.45) is 1.47. The quantitative estimate of drug-likeness (QED) is 0.444. The molecule has 3 heterocycles. The van der Waals surface area contributed by atoms with Gasteiger partial charge in [-0.05, 0) is 56.7 Å². The minimum absolute atomic E-state index is 0.0114. The smallest absolute Gasteiger partial charge is 0.341 e. The number of benzene rings is 1. The SMILES string of the molecule is CCOC(=O)c1c(NC(=O)c2ccc3c(c2)C(=O)N(Cc2ccco2)C3=O)sc(C)c1C. The monoisotopic (exact) mass is 452 g/mol. The molecule has 3 amide bonds. The molecule has 3 aromatic rings. The van der Waals surface area contributed by atoms with Crippen LogP contribution in [0.2, 0.25) is 0 Å². The number of aryl methyl sites for hydroxylation is 1. The summed E-state index contributed by atoms with van der Waals surface area (Å²) >= 11 is 1.27. The zero-order valence-corrected chi connectivity index (χ0v) is 18.5. The van der Waals surface area contributed by atoms with Gasteiger partial charge in [-0.15, -0.1) is 11.3 Å². The highest BCUT2D eigenvalue weighted by molar-refractivity contribution is 7.16. The minimum Gasteiger partial charge on any atom is -0.467 e. The van der Waals surface area contributed by atoms with E-state index in [2.05, 4.69) is 5.32 Å². The Balaban J connectivity index is 1.59. The van der Waals surface area contributed by atoms with Crippen LogP contribution in [0.15, 0.2) is 41.0 Å². The van der Waals surface area contributed by atoms with E-state index < -0.39 is 23.7 Å². The van der Waals surface area contributed by atoms with Gasteiger partial charge in [-0.2, -0.15) is 0 Å². The maximum Gasteiger partial charge on any atom is 0.341 e. The molecule has 1 aromatic carbocycles. The van der Waals surface area contributed by atoms with E-state index in [-0.39, 0.29) is 29.8 Å². The zero-order valence-electron chi connectivity index (χ0n) is 17.7. The van der Waals surface area contributed by atoms with E-state index >= 15 is 0 Å². The lowest BCUT2D eigenvalue weighted by atomic mass is 10.1. The van der Waals surface area contributed by atoms with Crippen LogP contribution in [0.25, 0.3) is 0 Å². The fourth-order valence-electron chi connectivity index (χ4n) is 3.47. The Bertz CT molecular complexity index is 1240. The molecular formula is C23H20N2O6S. The molecule has 0 aliphatic carbocycles. The third-order valence-electron chi connectivity index (χ3n) is 5.22. The first-order chi connectivity index (χ1) is 15.3. The number of carbonyl (C=O) groups is 4. The molecule has 4 rings (SSSR count). The molecule has 0 spiro atoms. The molecule has 9 heteroatoms. The lowest BCUT2D eigenvalue weighted by Gasteiger charge is -2.11. The maximum absolute atomic E-state index is 12.9. The number of esters is 1. The third kappa shape index (κ3) is 3.71. The highest BCUT2D eigenvalue weighted by Gasteiger charge is 2.36. The molecule has 164 valence electrons. The number of thiophene rings is 1. The van der Waals surface area contributed by atoms with Crippen LogP contribution >= 0.6 is 11.3 Å². The van der Waals surface area contributed by atoms with Crippen LogP contribution in [0.4, 0.5) is 5.00 Å². The predicted octanol–water partition coefficient (Wildman–Crippen LogP) is 4.18. The number of hydrogen-bond acceptors (Lipinski definition) is 7. The molecule has 0 saturated heterocycles. The van der Waals surface area contributed by atoms with E-state index in [0.717, 1.165) is 15.3 Å². The lowest BCUT2D eigenvalue weighted by Crippen LogP contribution is -2.28. The number of rotatable bonds is 6. The fourth-order valence-corrected chi connectivity index (χ4v) is 4.52. The van der Waals surface area contributed by atoms with Gasteiger partial charge in [-0.1, -0.05) is 0 Å². The van der Waals surface area contributed by atoms with E-state index in [4.69, 9.17) is 9.15 Å². The molecule has 0 atom stereocenters. The Kier molecular flexibility index (Phi) is 5.67. The number of carbonyl (C=O) groups excluding carboxylic acids is 4. The van der Waals surface area contributed by atoms with Gasteiger partial charge in [0.25, 0.3) is 17.7 Å². The van der Waals surface area contributed by atoms with Gasteiger partial charge in [0.15, 0.2) is 0 Å². The Morgan fingerprint density at radius 1 is 1.12 bits per heavy atom. The van der Waals surface area contributed by atoms with Crippen LogP contribution in [0, 0.1) is 13.8 Å². The van der Waals surface area contributed by atoms with E-state index in [1.54, 1.807) is 26.0 Å². The number of fused-ring (bicyclic) bond motifs is 1. The zero-order chi connectivity index (χ0) is 23.0. The highest BCUT2D eigenvalue weighted by atomic mass is 32.1. The largest absolute Gasteiger partial charge is 0.467 e. The summed E-state index contributed by atoms with van der Waals surface area (Å²) in [5.74, 6) is -1.46. The molecule has 32 heavy (non-hydrogen) atoms. The molecule has 0 bridgehead atoms. The number of furan rings is 1. The first-order valence-electron chi connectivity index (χ1n) is 9.92. The molecule has 0 unspecified atom stereocenters. The summed E-state index contributed by atoms with van der Waals surface area (Å²) in [6, 6.07) is 7.68. The van der Waals surface area contributed by atoms with Crippen molar-refractivity contribution in [1.29, 1.82) is 0 Å². The Morgan fingerprint density at radius 3 is 2.56 bits per heavy atom. The number of ether oxygens (including phenoxy) is 1. The molecule has 8 nitrogen and oxygen atoms in total. The summed E-state index contributed by atoms with van der Waals surface area (Å²) in [6.45, 7) is 5.59. The summed E-state index contributed by atoms with van der Waals surface area (Å²) in [5, 5.41) is 3.13. The lowest BCUT2D eigenvalue weighted by molar-refractivity contribution is 0.0526. The molecule has 0 radical (unpaired) electrons. The van der Waals surface area contributed by atoms with Crippen molar-refractivity contribution < 1.29 is 28.3 Å². The van der Waals surface area contributed by atoms with E-state index in [9.17, 15) is 19.2 Å². The van der Waals surface area contributed by atoms with Crippen molar-refractivity contribution in [2.24, 2.45) is 0 Å². The molecule has 2 aromatic heterocycles. The van der Waals surface area contributed by atoms with Crippen molar-refractivity contribution in [3.63, 3.8) is 0 Å². The summed E-state index contributed by atoms with van der Waals surface area (Å²) in [4.78, 5) is 52.7. The van der Waals surface area contributed by atoms with Gasteiger partial charge in [0.05, 0.1) is 36.1 Å². The number of nitrogens with one attached hydrogen (secondary N) is 1. The number of anilines is 1. The first-order valence-corrected chi connectivity index (χ1v) is 10.7. The second-order valence-electron chi connectivity index (χ2n) is 7.20. The van der Waals surface area contributed by atoms with E-state index in [0.29, 0.717) is 16.3 Å². The molecule has 1 aliphatic heterocycles. The van der Waals surface area contributed by atoms with Crippen molar-refractivity contribution >= 4 is 40.0 Å². The Labute approximate surface area is 187 Å². The summed E-state index contributed by atoms with van der Waals surface area (Å²) < 4.78 is 10.3. The van der Waals surface area contributed by atoms with Crippen molar-refractivity contribution in [2.45, 2.75) is 27.3 Å². The fraction of sp³-hybridized carbons (Fsp3) is 0.217. The summed E-state index contributed by atoms with van der Waals surface area (Å²) in [5.41, 5.74) is 1.64. The standard InChI is InChI=1S/C23H20N2O6S/c1-4-30-23(29)18-12(2)13(3)32-20(18)24-19(26)14-7-8-16-17(10-14)22(28)25(21(16)27)11-15-6-5-9-31-15/h5-10H,4,11H2,1-3H3,(H,24,26). The van der Waals surface area contributed by atoms with Crippen LogP contribution in [0.1, 0.15) is 64.6 Å². The normalized spacial score (nSPS) is 12.8. The molecule has 1 N–H and O–H groups in total. The van der Waals surface area contributed by atoms with Crippen LogP contribution in [0.3, 0.4) is 0 Å². The topological polar surface area (TPSA) is 106 Å². The van der Waals surface area contributed by atoms with Gasteiger partial charge >= 0.3 is 5.97 Å². The second kappa shape index (κ2) is 8.43. The van der Waals surface area contributed by atoms with E-state index in [1.807, 2.05) is 6.92 Å². The van der Waals surface area contributed by atoms with Crippen LogP contribution in [-0.2, 0) is 11.3 Å². The number of nitrogens with zero attached hydrogens (tertiary/aromatic N) is 1. The number of imide groups is 1. The third-order valence-corrected chi connectivity index (χ3v) is 6.34. The van der Waals surface area contributed by atoms with Crippen molar-refractivity contribution in [3.8, 4) is 0 Å². The van der Waals surface area contributed by atoms with Crippen molar-refractivity contribution in [3.05, 3.63) is 75.0 Å². The average molecular weight is 452 g/mol.